The minimum atomic E-state index is -0.132. The van der Waals surface area contributed by atoms with Crippen molar-refractivity contribution in [3.8, 4) is 0 Å². The molecule has 0 saturated heterocycles. The van der Waals surface area contributed by atoms with Gasteiger partial charge in [0.2, 0.25) is 0 Å². The summed E-state index contributed by atoms with van der Waals surface area (Å²) in [6, 6.07) is 11.7. The van der Waals surface area contributed by atoms with Gasteiger partial charge in [-0.15, -0.1) is 0 Å². The Balaban J connectivity index is 2.01. The molecule has 0 saturated carbocycles. The smallest absolute Gasteiger partial charge is 0.253 e. The average Bonchev–Trinajstić information content (AvgIpc) is 2.47. The highest BCUT2D eigenvalue weighted by Crippen LogP contribution is 2.05. The van der Waals surface area contributed by atoms with Crippen LogP contribution in [-0.2, 0) is 6.42 Å². The van der Waals surface area contributed by atoms with Crippen LogP contribution in [0.2, 0.25) is 0 Å². The molecule has 2 rings (SSSR count). The predicted octanol–water partition coefficient (Wildman–Crippen LogP) is 1.69. The van der Waals surface area contributed by atoms with Gasteiger partial charge in [-0.1, -0.05) is 30.3 Å². The maximum atomic E-state index is 12.1. The average molecular weight is 269 g/mol. The number of nitrogens with zero attached hydrogens (tertiary/aromatic N) is 1. The molecular weight excluding hydrogens is 250 g/mol. The van der Waals surface area contributed by atoms with Crippen LogP contribution in [0.1, 0.15) is 21.5 Å². The fourth-order valence-electron chi connectivity index (χ4n) is 2.04. The molecule has 3 N–H and O–H groups in total. The Labute approximate surface area is 119 Å². The van der Waals surface area contributed by atoms with Crippen LogP contribution in [0.3, 0.4) is 0 Å². The maximum absolute atomic E-state index is 12.1. The van der Waals surface area contributed by atoms with Crippen molar-refractivity contribution in [2.75, 3.05) is 6.54 Å². The molecule has 1 amide bonds. The molecule has 0 fully saturated rings. The zero-order chi connectivity index (χ0) is 14.4. The van der Waals surface area contributed by atoms with Crippen LogP contribution in [0.25, 0.3) is 0 Å². The molecule has 0 spiro atoms. The van der Waals surface area contributed by atoms with Crippen molar-refractivity contribution in [2.24, 2.45) is 5.73 Å². The van der Waals surface area contributed by atoms with E-state index in [1.54, 1.807) is 12.4 Å². The number of benzene rings is 1. The molecule has 1 atom stereocenters. The van der Waals surface area contributed by atoms with Crippen LogP contribution >= 0.6 is 0 Å². The van der Waals surface area contributed by atoms with Gasteiger partial charge >= 0.3 is 0 Å². The summed E-state index contributed by atoms with van der Waals surface area (Å²) in [7, 11) is 0. The minimum Gasteiger partial charge on any atom is -0.348 e. The first-order valence-corrected chi connectivity index (χ1v) is 6.65. The van der Waals surface area contributed by atoms with Crippen LogP contribution in [0.5, 0.6) is 0 Å². The highest BCUT2D eigenvalue weighted by Gasteiger charge is 2.13. The van der Waals surface area contributed by atoms with Gasteiger partial charge in [0.05, 0.1) is 5.56 Å². The molecule has 0 aliphatic heterocycles. The number of carbonyl (C=O) groups excluding carboxylic acids is 1. The van der Waals surface area contributed by atoms with E-state index < -0.39 is 0 Å². The first-order chi connectivity index (χ1) is 9.69. The third-order valence-corrected chi connectivity index (χ3v) is 3.08. The SMILES string of the molecule is Cc1cncc(C(=O)NC(CN)Cc2ccccc2)c1. The Morgan fingerprint density at radius 1 is 1.30 bits per heavy atom. The first kappa shape index (κ1) is 14.2. The van der Waals surface area contributed by atoms with Crippen molar-refractivity contribution in [3.05, 3.63) is 65.5 Å². The van der Waals surface area contributed by atoms with E-state index in [4.69, 9.17) is 5.73 Å². The molecule has 0 aliphatic rings. The van der Waals surface area contributed by atoms with Gasteiger partial charge in [-0.25, -0.2) is 0 Å². The topological polar surface area (TPSA) is 68.0 Å². The summed E-state index contributed by atoms with van der Waals surface area (Å²) in [4.78, 5) is 16.2. The standard InChI is InChI=1S/C16H19N3O/c1-12-7-14(11-18-10-12)16(20)19-15(9-17)8-13-5-3-2-4-6-13/h2-7,10-11,15H,8-9,17H2,1H3,(H,19,20). The predicted molar refractivity (Wildman–Crippen MR) is 79.4 cm³/mol. The minimum absolute atomic E-state index is 0.0783. The third kappa shape index (κ3) is 3.90. The van der Waals surface area contributed by atoms with Crippen LogP contribution in [0, 0.1) is 6.92 Å². The van der Waals surface area contributed by atoms with Crippen LogP contribution < -0.4 is 11.1 Å². The van der Waals surface area contributed by atoms with Gasteiger partial charge in [0, 0.05) is 25.0 Å². The van der Waals surface area contributed by atoms with Crippen molar-refractivity contribution >= 4 is 5.91 Å². The van der Waals surface area contributed by atoms with E-state index in [2.05, 4.69) is 10.3 Å². The number of aromatic nitrogens is 1. The number of carbonyl (C=O) groups is 1. The van der Waals surface area contributed by atoms with Gasteiger partial charge in [0.1, 0.15) is 0 Å². The zero-order valence-corrected chi connectivity index (χ0v) is 11.5. The summed E-state index contributed by atoms with van der Waals surface area (Å²) < 4.78 is 0. The Morgan fingerprint density at radius 3 is 2.70 bits per heavy atom. The third-order valence-electron chi connectivity index (χ3n) is 3.08. The van der Waals surface area contributed by atoms with E-state index in [0.717, 1.165) is 17.5 Å². The number of aryl methyl sites for hydroxylation is 1. The summed E-state index contributed by atoms with van der Waals surface area (Å²) in [5, 5.41) is 2.95. The first-order valence-electron chi connectivity index (χ1n) is 6.65. The van der Waals surface area contributed by atoms with Gasteiger partial charge in [0.15, 0.2) is 0 Å². The second kappa shape index (κ2) is 6.82. The lowest BCUT2D eigenvalue weighted by atomic mass is 10.1. The second-order valence-electron chi connectivity index (χ2n) is 4.85. The highest BCUT2D eigenvalue weighted by atomic mass is 16.1. The van der Waals surface area contributed by atoms with Gasteiger partial charge in [-0.3, -0.25) is 9.78 Å². The van der Waals surface area contributed by atoms with E-state index in [1.807, 2.05) is 43.3 Å². The number of nitrogens with two attached hydrogens (primary N) is 1. The molecule has 1 unspecified atom stereocenters. The normalized spacial score (nSPS) is 11.9. The number of hydrogen-bond donors (Lipinski definition) is 2. The lowest BCUT2D eigenvalue weighted by molar-refractivity contribution is 0.0937. The fourth-order valence-corrected chi connectivity index (χ4v) is 2.04. The molecular formula is C16H19N3O. The van der Waals surface area contributed by atoms with Crippen molar-refractivity contribution < 1.29 is 4.79 Å². The van der Waals surface area contributed by atoms with Gasteiger partial charge in [-0.05, 0) is 30.5 Å². The lowest BCUT2D eigenvalue weighted by Crippen LogP contribution is -2.41. The van der Waals surface area contributed by atoms with Crippen molar-refractivity contribution in [3.63, 3.8) is 0 Å². The Kier molecular flexibility index (Phi) is 4.85. The molecule has 4 nitrogen and oxygen atoms in total. The fraction of sp³-hybridized carbons (Fsp3) is 0.250. The molecule has 0 radical (unpaired) electrons. The molecule has 104 valence electrons. The van der Waals surface area contributed by atoms with Crippen molar-refractivity contribution in [2.45, 2.75) is 19.4 Å². The van der Waals surface area contributed by atoms with E-state index in [-0.39, 0.29) is 11.9 Å². The Bertz CT molecular complexity index is 569. The summed E-state index contributed by atoms with van der Waals surface area (Å²) in [5.41, 5.74) is 8.43. The van der Waals surface area contributed by atoms with Crippen molar-refractivity contribution in [1.82, 2.24) is 10.3 Å². The second-order valence-corrected chi connectivity index (χ2v) is 4.85. The molecule has 20 heavy (non-hydrogen) atoms. The number of amides is 1. The molecule has 0 aliphatic carbocycles. The Hall–Kier alpha value is -2.20. The summed E-state index contributed by atoms with van der Waals surface area (Å²) in [6.07, 6.45) is 4.02. The summed E-state index contributed by atoms with van der Waals surface area (Å²) >= 11 is 0. The maximum Gasteiger partial charge on any atom is 0.253 e. The molecule has 1 aromatic carbocycles. The molecule has 1 aromatic heterocycles. The number of pyridine rings is 1. The largest absolute Gasteiger partial charge is 0.348 e. The molecule has 2 aromatic rings. The summed E-state index contributed by atoms with van der Waals surface area (Å²) in [5.74, 6) is -0.132. The van der Waals surface area contributed by atoms with E-state index in [0.29, 0.717) is 12.1 Å². The van der Waals surface area contributed by atoms with Gasteiger partial charge in [0.25, 0.3) is 5.91 Å². The van der Waals surface area contributed by atoms with E-state index in [1.165, 1.54) is 0 Å². The van der Waals surface area contributed by atoms with Crippen LogP contribution in [0.15, 0.2) is 48.8 Å². The van der Waals surface area contributed by atoms with Crippen molar-refractivity contribution in [1.29, 1.82) is 0 Å². The van der Waals surface area contributed by atoms with E-state index in [9.17, 15) is 4.79 Å². The van der Waals surface area contributed by atoms with E-state index >= 15 is 0 Å². The lowest BCUT2D eigenvalue weighted by Gasteiger charge is -2.17. The van der Waals surface area contributed by atoms with Crippen LogP contribution in [0.4, 0.5) is 0 Å². The molecule has 1 heterocycles. The molecule has 0 bridgehead atoms. The number of rotatable bonds is 5. The molecule has 4 heteroatoms. The number of nitrogens with one attached hydrogen (secondary N) is 1. The van der Waals surface area contributed by atoms with Crippen LogP contribution in [-0.4, -0.2) is 23.5 Å². The highest BCUT2D eigenvalue weighted by molar-refractivity contribution is 5.94. The van der Waals surface area contributed by atoms with Gasteiger partial charge in [-0.2, -0.15) is 0 Å². The number of hydrogen-bond acceptors (Lipinski definition) is 3. The monoisotopic (exact) mass is 269 g/mol. The van der Waals surface area contributed by atoms with Gasteiger partial charge < -0.3 is 11.1 Å². The zero-order valence-electron chi connectivity index (χ0n) is 11.5. The quantitative estimate of drug-likeness (QED) is 0.868. The Morgan fingerprint density at radius 2 is 2.05 bits per heavy atom. The summed E-state index contributed by atoms with van der Waals surface area (Å²) in [6.45, 7) is 2.31.